The third kappa shape index (κ3) is 3.82. The molecule has 31 heavy (non-hydrogen) atoms. The Kier molecular flexibility index (Phi) is 5.44. The number of fused-ring (bicyclic) bond motifs is 1. The number of carbonyl (C=O) groups is 1. The fourth-order valence-electron chi connectivity index (χ4n) is 4.66. The molecule has 3 nitrogen and oxygen atoms in total. The highest BCUT2D eigenvalue weighted by molar-refractivity contribution is 6.33. The molecule has 5 rings (SSSR count). The Labute approximate surface area is 187 Å². The van der Waals surface area contributed by atoms with Crippen LogP contribution in [0.4, 0.5) is 0 Å². The molecule has 1 aliphatic carbocycles. The Balaban J connectivity index is 1.59. The summed E-state index contributed by atoms with van der Waals surface area (Å²) in [5.41, 5.74) is 5.00. The first kappa shape index (κ1) is 19.8. The number of benzene rings is 3. The summed E-state index contributed by atoms with van der Waals surface area (Å²) in [6.45, 7) is 0. The second kappa shape index (κ2) is 8.52. The van der Waals surface area contributed by atoms with Gasteiger partial charge in [-0.1, -0.05) is 84.4 Å². The lowest BCUT2D eigenvalue weighted by atomic mass is 9.77. The minimum absolute atomic E-state index is 0.126. The summed E-state index contributed by atoms with van der Waals surface area (Å²) >= 11 is 6.37. The van der Waals surface area contributed by atoms with E-state index in [9.17, 15) is 4.79 Å². The smallest absolute Gasteiger partial charge is 0.267 e. The van der Waals surface area contributed by atoms with E-state index in [0.29, 0.717) is 10.6 Å². The van der Waals surface area contributed by atoms with Gasteiger partial charge in [0, 0.05) is 5.92 Å². The third-order valence-corrected chi connectivity index (χ3v) is 6.43. The van der Waals surface area contributed by atoms with Crippen molar-refractivity contribution < 1.29 is 4.79 Å². The molecule has 154 valence electrons. The average Bonchev–Trinajstić information content (AvgIpc) is 3.21. The molecule has 0 radical (unpaired) electrons. The maximum atomic E-state index is 13.6. The number of allylic oxidation sites excluding steroid dienone is 1. The standard InChI is InChI=1S/C27H23ClN2O/c28-24-17-8-7-15-22(24)27(31)30-26(20-12-5-2-6-13-20)23-16-9-14-21(25(23)29-30)18-19-10-3-1-4-11-19/h1-8,10-13,15,17-18,23,26H,9,14,16H2/b21-18-/t23-,26+/m0/s1. The molecule has 3 aromatic carbocycles. The van der Waals surface area contributed by atoms with Crippen molar-refractivity contribution in [3.8, 4) is 0 Å². The number of nitrogens with zero attached hydrogens (tertiary/aromatic N) is 2. The van der Waals surface area contributed by atoms with E-state index in [0.717, 1.165) is 36.1 Å². The second-order valence-electron chi connectivity index (χ2n) is 8.05. The Hall–Kier alpha value is -3.17. The van der Waals surface area contributed by atoms with E-state index >= 15 is 0 Å². The van der Waals surface area contributed by atoms with Gasteiger partial charge in [-0.05, 0) is 54.2 Å². The molecule has 1 aliphatic heterocycles. The SMILES string of the molecule is O=C(c1ccccc1Cl)N1N=C2/C(=C\c3ccccc3)CCC[C@@H]2[C@H]1c1ccccc1. The van der Waals surface area contributed by atoms with E-state index in [2.05, 4.69) is 30.3 Å². The van der Waals surface area contributed by atoms with Gasteiger partial charge in [0.25, 0.3) is 5.91 Å². The van der Waals surface area contributed by atoms with Crippen LogP contribution in [-0.2, 0) is 0 Å². The van der Waals surface area contributed by atoms with Gasteiger partial charge in [-0.3, -0.25) is 4.79 Å². The van der Waals surface area contributed by atoms with Crippen LogP contribution >= 0.6 is 11.6 Å². The van der Waals surface area contributed by atoms with Crippen molar-refractivity contribution in [2.45, 2.75) is 25.3 Å². The number of hydrazone groups is 1. The molecule has 0 aromatic heterocycles. The molecule has 2 aliphatic rings. The summed E-state index contributed by atoms with van der Waals surface area (Å²) in [4.78, 5) is 13.6. The van der Waals surface area contributed by atoms with Crippen molar-refractivity contribution in [2.75, 3.05) is 0 Å². The van der Waals surface area contributed by atoms with Crippen LogP contribution in [0, 0.1) is 5.92 Å². The van der Waals surface area contributed by atoms with Crippen LogP contribution in [-0.4, -0.2) is 16.6 Å². The zero-order valence-corrected chi connectivity index (χ0v) is 17.9. The summed E-state index contributed by atoms with van der Waals surface area (Å²) in [6.07, 6.45) is 5.28. The van der Waals surface area contributed by atoms with Crippen molar-refractivity contribution >= 4 is 29.3 Å². The Morgan fingerprint density at radius 2 is 1.61 bits per heavy atom. The maximum absolute atomic E-state index is 13.6. The van der Waals surface area contributed by atoms with E-state index in [1.54, 1.807) is 17.1 Å². The fourth-order valence-corrected chi connectivity index (χ4v) is 4.88. The van der Waals surface area contributed by atoms with E-state index < -0.39 is 0 Å². The maximum Gasteiger partial charge on any atom is 0.276 e. The normalized spacial score (nSPS) is 21.6. The summed E-state index contributed by atoms with van der Waals surface area (Å²) in [7, 11) is 0. The van der Waals surface area contributed by atoms with Gasteiger partial charge in [-0.2, -0.15) is 5.10 Å². The minimum Gasteiger partial charge on any atom is -0.267 e. The monoisotopic (exact) mass is 426 g/mol. The number of hydrogen-bond acceptors (Lipinski definition) is 2. The molecule has 0 bridgehead atoms. The topological polar surface area (TPSA) is 32.7 Å². The summed E-state index contributed by atoms with van der Waals surface area (Å²) in [5, 5.41) is 7.06. The van der Waals surface area contributed by atoms with E-state index in [1.165, 1.54) is 5.57 Å². The van der Waals surface area contributed by atoms with Crippen LogP contribution in [0.1, 0.15) is 46.8 Å². The van der Waals surface area contributed by atoms with Crippen molar-refractivity contribution in [2.24, 2.45) is 11.0 Å². The molecular weight excluding hydrogens is 404 g/mol. The van der Waals surface area contributed by atoms with Crippen LogP contribution in [0.5, 0.6) is 0 Å². The number of hydrogen-bond donors (Lipinski definition) is 0. The Morgan fingerprint density at radius 1 is 0.935 bits per heavy atom. The van der Waals surface area contributed by atoms with Gasteiger partial charge in [0.15, 0.2) is 0 Å². The van der Waals surface area contributed by atoms with Crippen molar-refractivity contribution in [1.82, 2.24) is 5.01 Å². The first-order valence-electron chi connectivity index (χ1n) is 10.7. The predicted molar refractivity (Wildman–Crippen MR) is 126 cm³/mol. The van der Waals surface area contributed by atoms with Crippen LogP contribution in [0.3, 0.4) is 0 Å². The lowest BCUT2D eigenvalue weighted by Crippen LogP contribution is -2.32. The fraction of sp³-hybridized carbons (Fsp3) is 0.185. The third-order valence-electron chi connectivity index (χ3n) is 6.10. The minimum atomic E-state index is -0.152. The molecule has 0 saturated heterocycles. The first-order valence-corrected chi connectivity index (χ1v) is 11.1. The number of halogens is 1. The van der Waals surface area contributed by atoms with Crippen LogP contribution in [0.2, 0.25) is 5.02 Å². The second-order valence-corrected chi connectivity index (χ2v) is 8.46. The summed E-state index contributed by atoms with van der Waals surface area (Å²) in [5.74, 6) is 0.0259. The molecule has 1 heterocycles. The van der Waals surface area contributed by atoms with E-state index in [4.69, 9.17) is 16.7 Å². The highest BCUT2D eigenvalue weighted by Gasteiger charge is 2.44. The van der Waals surface area contributed by atoms with Crippen LogP contribution < -0.4 is 0 Å². The lowest BCUT2D eigenvalue weighted by molar-refractivity contribution is 0.0681. The van der Waals surface area contributed by atoms with Crippen LogP contribution in [0.15, 0.2) is 95.6 Å². The molecule has 0 unspecified atom stereocenters. The van der Waals surface area contributed by atoms with Gasteiger partial charge in [0.1, 0.15) is 0 Å². The lowest BCUT2D eigenvalue weighted by Gasteiger charge is -2.29. The summed E-state index contributed by atoms with van der Waals surface area (Å²) in [6, 6.07) is 27.6. The van der Waals surface area contributed by atoms with Gasteiger partial charge < -0.3 is 0 Å². The van der Waals surface area contributed by atoms with Crippen molar-refractivity contribution in [3.63, 3.8) is 0 Å². The van der Waals surface area contributed by atoms with Crippen LogP contribution in [0.25, 0.3) is 6.08 Å². The Bertz CT molecular complexity index is 1150. The highest BCUT2D eigenvalue weighted by Crippen LogP contribution is 2.45. The van der Waals surface area contributed by atoms with Crippen molar-refractivity contribution in [3.05, 3.63) is 112 Å². The first-order chi connectivity index (χ1) is 15.2. The van der Waals surface area contributed by atoms with Gasteiger partial charge in [0.2, 0.25) is 0 Å². The molecule has 1 amide bonds. The molecule has 0 spiro atoms. The Morgan fingerprint density at radius 3 is 2.35 bits per heavy atom. The largest absolute Gasteiger partial charge is 0.276 e. The molecule has 1 fully saturated rings. The highest BCUT2D eigenvalue weighted by atomic mass is 35.5. The number of carbonyl (C=O) groups excluding carboxylic acids is 1. The molecule has 2 atom stereocenters. The van der Waals surface area contributed by atoms with Gasteiger partial charge in [0.05, 0.1) is 22.3 Å². The molecular formula is C27H23ClN2O. The zero-order chi connectivity index (χ0) is 21.2. The van der Waals surface area contributed by atoms with E-state index in [1.807, 2.05) is 48.5 Å². The van der Waals surface area contributed by atoms with Crippen molar-refractivity contribution in [1.29, 1.82) is 0 Å². The zero-order valence-electron chi connectivity index (χ0n) is 17.1. The molecule has 3 aromatic rings. The number of amides is 1. The molecule has 4 heteroatoms. The summed E-state index contributed by atoms with van der Waals surface area (Å²) < 4.78 is 0. The molecule has 1 saturated carbocycles. The molecule has 0 N–H and O–H groups in total. The average molecular weight is 427 g/mol. The number of rotatable bonds is 3. The van der Waals surface area contributed by atoms with Gasteiger partial charge in [-0.15, -0.1) is 0 Å². The van der Waals surface area contributed by atoms with E-state index in [-0.39, 0.29) is 17.9 Å². The van der Waals surface area contributed by atoms with Gasteiger partial charge >= 0.3 is 0 Å². The quantitative estimate of drug-likeness (QED) is 0.454. The van der Waals surface area contributed by atoms with Gasteiger partial charge in [-0.25, -0.2) is 5.01 Å². The predicted octanol–water partition coefficient (Wildman–Crippen LogP) is 6.78.